The van der Waals surface area contributed by atoms with Gasteiger partial charge in [-0.2, -0.15) is 0 Å². The van der Waals surface area contributed by atoms with Gasteiger partial charge in [-0.1, -0.05) is 0 Å². The fourth-order valence-corrected chi connectivity index (χ4v) is 4.58. The minimum absolute atomic E-state index is 0.0189. The lowest BCUT2D eigenvalue weighted by Crippen LogP contribution is -2.57. The molecule has 8 heteroatoms. The Morgan fingerprint density at radius 1 is 1.00 bits per heavy atom. The maximum absolute atomic E-state index is 12.9. The van der Waals surface area contributed by atoms with E-state index in [-0.39, 0.29) is 35.8 Å². The van der Waals surface area contributed by atoms with Crippen LogP contribution in [-0.4, -0.2) is 54.1 Å². The Balaban J connectivity index is 1.16. The van der Waals surface area contributed by atoms with Crippen LogP contribution >= 0.6 is 0 Å². The molecule has 2 saturated heterocycles. The summed E-state index contributed by atoms with van der Waals surface area (Å²) in [6.45, 7) is 3.24. The van der Waals surface area contributed by atoms with E-state index in [0.29, 0.717) is 31.4 Å². The van der Waals surface area contributed by atoms with Crippen LogP contribution in [0, 0.1) is 12.8 Å². The second kappa shape index (κ2) is 8.00. The zero-order valence-corrected chi connectivity index (χ0v) is 18.3. The topological polar surface area (TPSA) is 81.1 Å². The molecule has 0 N–H and O–H groups in total. The molecule has 2 aliphatic heterocycles. The second-order valence-electron chi connectivity index (χ2n) is 8.86. The van der Waals surface area contributed by atoms with Gasteiger partial charge in [0.1, 0.15) is 17.6 Å². The number of ether oxygens (including phenoxy) is 2. The second-order valence-corrected chi connectivity index (χ2v) is 8.86. The number of carbonyl (C=O) groups excluding carboxylic acids is 2. The van der Waals surface area contributed by atoms with Crippen molar-refractivity contribution in [2.45, 2.75) is 38.3 Å². The first-order valence-electron chi connectivity index (χ1n) is 11.1. The van der Waals surface area contributed by atoms with Gasteiger partial charge in [0.15, 0.2) is 0 Å². The summed E-state index contributed by atoms with van der Waals surface area (Å²) in [5, 5.41) is 0. The van der Waals surface area contributed by atoms with Crippen molar-refractivity contribution in [2.75, 3.05) is 31.6 Å². The van der Waals surface area contributed by atoms with E-state index in [0.717, 1.165) is 30.0 Å². The van der Waals surface area contributed by atoms with Gasteiger partial charge in [0, 0.05) is 36.5 Å². The molecule has 2 amide bonds. The third-order valence-electron chi connectivity index (χ3n) is 6.47. The summed E-state index contributed by atoms with van der Waals surface area (Å²) in [6, 6.07) is 11.0. The number of anilines is 1. The van der Waals surface area contributed by atoms with Crippen LogP contribution in [0.15, 0.2) is 41.2 Å². The summed E-state index contributed by atoms with van der Waals surface area (Å²) in [5.41, 5.74) is 1.65. The molecule has 1 aromatic carbocycles. The Hall–Kier alpha value is -3.29. The molecule has 0 bridgehead atoms. The van der Waals surface area contributed by atoms with Crippen LogP contribution in [0.1, 0.15) is 31.0 Å². The number of carbonyl (C=O) groups is 2. The molecule has 3 heterocycles. The molecule has 3 fully saturated rings. The molecule has 3 aliphatic rings. The van der Waals surface area contributed by atoms with Crippen LogP contribution in [0.25, 0.3) is 0 Å². The highest BCUT2D eigenvalue weighted by atomic mass is 16.5. The van der Waals surface area contributed by atoms with Crippen molar-refractivity contribution < 1.29 is 19.1 Å². The fourth-order valence-electron chi connectivity index (χ4n) is 4.58. The predicted octanol–water partition coefficient (Wildman–Crippen LogP) is 2.14. The Morgan fingerprint density at radius 2 is 1.72 bits per heavy atom. The van der Waals surface area contributed by atoms with Gasteiger partial charge in [0.2, 0.25) is 11.8 Å². The van der Waals surface area contributed by atoms with Crippen molar-refractivity contribution in [1.29, 1.82) is 0 Å². The normalized spacial score (nSPS) is 20.9. The van der Waals surface area contributed by atoms with E-state index >= 15 is 0 Å². The van der Waals surface area contributed by atoms with E-state index in [1.54, 1.807) is 29.0 Å². The molecule has 1 aromatic heterocycles. The standard InChI is InChI=1S/C24H27N3O5/c1-15-9-20(11-23(29)27(15)18-3-4-18)32-21-13-25(14-21)24(30)16-10-22(28)26(12-16)17-5-7-19(31-2)8-6-17/h5-9,11,16,18,21H,3-4,10,12-14H2,1-2H3. The lowest BCUT2D eigenvalue weighted by Gasteiger charge is -2.40. The molecule has 0 radical (unpaired) electrons. The van der Waals surface area contributed by atoms with Crippen molar-refractivity contribution in [3.8, 4) is 11.5 Å². The molecule has 32 heavy (non-hydrogen) atoms. The zero-order valence-electron chi connectivity index (χ0n) is 18.3. The van der Waals surface area contributed by atoms with Crippen molar-refractivity contribution in [3.05, 3.63) is 52.4 Å². The number of pyridine rings is 1. The van der Waals surface area contributed by atoms with E-state index < -0.39 is 0 Å². The van der Waals surface area contributed by atoms with Gasteiger partial charge < -0.3 is 23.8 Å². The number of rotatable bonds is 6. The van der Waals surface area contributed by atoms with E-state index in [2.05, 4.69) is 0 Å². The smallest absolute Gasteiger partial charge is 0.254 e. The number of likely N-dealkylation sites (tertiary alicyclic amines) is 1. The highest BCUT2D eigenvalue weighted by molar-refractivity contribution is 6.00. The molecule has 1 unspecified atom stereocenters. The summed E-state index contributed by atoms with van der Waals surface area (Å²) in [4.78, 5) is 41.2. The number of hydrogen-bond acceptors (Lipinski definition) is 5. The molecule has 0 spiro atoms. The predicted molar refractivity (Wildman–Crippen MR) is 118 cm³/mol. The minimum atomic E-state index is -0.352. The molecule has 8 nitrogen and oxygen atoms in total. The van der Waals surface area contributed by atoms with Crippen molar-refractivity contribution in [3.63, 3.8) is 0 Å². The summed E-state index contributed by atoms with van der Waals surface area (Å²) in [5.74, 6) is 0.862. The third-order valence-corrected chi connectivity index (χ3v) is 6.47. The van der Waals surface area contributed by atoms with Gasteiger partial charge in [-0.25, -0.2) is 0 Å². The fraction of sp³-hybridized carbons (Fsp3) is 0.458. The van der Waals surface area contributed by atoms with Crippen molar-refractivity contribution in [1.82, 2.24) is 9.47 Å². The van der Waals surface area contributed by atoms with Gasteiger partial charge in [0.25, 0.3) is 5.56 Å². The molecule has 1 aliphatic carbocycles. The van der Waals surface area contributed by atoms with Crippen LogP contribution in [0.5, 0.6) is 11.5 Å². The Morgan fingerprint density at radius 3 is 2.34 bits per heavy atom. The maximum Gasteiger partial charge on any atom is 0.254 e. The highest BCUT2D eigenvalue weighted by Crippen LogP contribution is 2.35. The number of hydrogen-bond donors (Lipinski definition) is 0. The molecule has 2 aromatic rings. The Labute approximate surface area is 186 Å². The number of aryl methyl sites for hydroxylation is 1. The molecule has 1 atom stereocenters. The average molecular weight is 437 g/mol. The van der Waals surface area contributed by atoms with Crippen molar-refractivity contribution >= 4 is 17.5 Å². The molecule has 1 saturated carbocycles. The monoisotopic (exact) mass is 437 g/mol. The number of methoxy groups -OCH3 is 1. The van der Waals surface area contributed by atoms with Gasteiger partial charge >= 0.3 is 0 Å². The largest absolute Gasteiger partial charge is 0.497 e. The maximum atomic E-state index is 12.9. The Kier molecular flexibility index (Phi) is 5.15. The van der Waals surface area contributed by atoms with Gasteiger partial charge in [-0.05, 0) is 50.1 Å². The quantitative estimate of drug-likeness (QED) is 0.692. The van der Waals surface area contributed by atoms with E-state index in [1.165, 1.54) is 6.07 Å². The van der Waals surface area contributed by atoms with E-state index in [4.69, 9.17) is 9.47 Å². The van der Waals surface area contributed by atoms with E-state index in [9.17, 15) is 14.4 Å². The van der Waals surface area contributed by atoms with Crippen LogP contribution < -0.4 is 19.9 Å². The van der Waals surface area contributed by atoms with Gasteiger partial charge in [-0.15, -0.1) is 0 Å². The average Bonchev–Trinajstić information content (AvgIpc) is 3.50. The van der Waals surface area contributed by atoms with Crippen molar-refractivity contribution in [2.24, 2.45) is 5.92 Å². The SMILES string of the molecule is COc1ccc(N2CC(C(=O)N3CC(Oc4cc(C)n(C5CC5)c(=O)c4)C3)CC2=O)cc1. The molecule has 5 rings (SSSR count). The summed E-state index contributed by atoms with van der Waals surface area (Å²) in [6.07, 6.45) is 2.19. The number of benzene rings is 1. The first-order chi connectivity index (χ1) is 15.4. The minimum Gasteiger partial charge on any atom is -0.497 e. The van der Waals surface area contributed by atoms with Gasteiger partial charge in [0.05, 0.1) is 26.1 Å². The van der Waals surface area contributed by atoms with Crippen LogP contribution in [0.4, 0.5) is 5.69 Å². The first-order valence-corrected chi connectivity index (χ1v) is 11.1. The highest BCUT2D eigenvalue weighted by Gasteiger charge is 2.41. The van der Waals surface area contributed by atoms with Gasteiger partial charge in [-0.3, -0.25) is 14.4 Å². The number of aromatic nitrogens is 1. The number of amides is 2. The molecule has 168 valence electrons. The lowest BCUT2D eigenvalue weighted by atomic mass is 10.0. The molecular formula is C24H27N3O5. The van der Waals surface area contributed by atoms with E-state index in [1.807, 2.05) is 29.7 Å². The van der Waals surface area contributed by atoms with Crippen LogP contribution in [0.2, 0.25) is 0 Å². The Bertz CT molecular complexity index is 1100. The summed E-state index contributed by atoms with van der Waals surface area (Å²) < 4.78 is 12.9. The molecular weight excluding hydrogens is 410 g/mol. The summed E-state index contributed by atoms with van der Waals surface area (Å²) in [7, 11) is 1.59. The summed E-state index contributed by atoms with van der Waals surface area (Å²) >= 11 is 0. The zero-order chi connectivity index (χ0) is 22.4. The lowest BCUT2D eigenvalue weighted by molar-refractivity contribution is -0.144. The van der Waals surface area contributed by atoms with Crippen LogP contribution in [-0.2, 0) is 9.59 Å². The number of nitrogens with zero attached hydrogens (tertiary/aromatic N) is 3. The third kappa shape index (κ3) is 3.85. The van der Waals surface area contributed by atoms with Crippen LogP contribution in [0.3, 0.4) is 0 Å². The first kappa shape index (κ1) is 20.6.